The predicted molar refractivity (Wildman–Crippen MR) is 192 cm³/mol. The highest BCUT2D eigenvalue weighted by molar-refractivity contribution is 7.51. The van der Waals surface area contributed by atoms with Crippen molar-refractivity contribution in [3.63, 3.8) is 0 Å². The Kier molecular flexibility index (Phi) is 27.0. The van der Waals surface area contributed by atoms with Crippen molar-refractivity contribution < 1.29 is 66.4 Å². The number of carbonyl (C=O) groups is 5. The SMILES string of the molecule is COCCOCCNC(=O)CCC(NC(=O)CCC(NC(=O)[C@H]1CC[C@@H](OP(C)(=O)O)CC1)C(=O)NCCOCCOC)C(=O)NCCOCCOC. The third-order valence-corrected chi connectivity index (χ3v) is 8.64. The quantitative estimate of drug-likeness (QED) is 0.0374. The monoisotopic (exact) mass is 783 g/mol. The molecule has 5 amide bonds. The smallest absolute Gasteiger partial charge is 0.325 e. The van der Waals surface area contributed by atoms with Gasteiger partial charge in [0.25, 0.3) is 0 Å². The third kappa shape index (κ3) is 25.1. The highest BCUT2D eigenvalue weighted by Gasteiger charge is 2.32. The molecule has 3 unspecified atom stereocenters. The molecule has 0 spiro atoms. The van der Waals surface area contributed by atoms with Gasteiger partial charge < -0.3 is 64.4 Å². The van der Waals surface area contributed by atoms with Gasteiger partial charge in [-0.1, -0.05) is 0 Å². The Balaban J connectivity index is 2.84. The van der Waals surface area contributed by atoms with Gasteiger partial charge in [-0.3, -0.25) is 28.5 Å². The molecule has 0 aromatic carbocycles. The molecule has 3 atom stereocenters. The first-order chi connectivity index (χ1) is 25.4. The predicted octanol–water partition coefficient (Wildman–Crippen LogP) is -0.755. The number of hydrogen-bond acceptors (Lipinski definition) is 13. The van der Waals surface area contributed by atoms with Gasteiger partial charge in [0, 0.05) is 66.4 Å². The van der Waals surface area contributed by atoms with E-state index in [1.807, 2.05) is 0 Å². The molecule has 0 aromatic rings. The van der Waals surface area contributed by atoms with Gasteiger partial charge in [-0.15, -0.1) is 0 Å². The molecular weight excluding hydrogens is 721 g/mol. The zero-order valence-electron chi connectivity index (χ0n) is 31.7. The van der Waals surface area contributed by atoms with E-state index in [-0.39, 0.29) is 77.0 Å². The van der Waals surface area contributed by atoms with E-state index in [2.05, 4.69) is 26.6 Å². The zero-order chi connectivity index (χ0) is 39.3. The van der Waals surface area contributed by atoms with Crippen molar-refractivity contribution in [2.24, 2.45) is 5.92 Å². The number of ether oxygens (including phenoxy) is 6. The zero-order valence-corrected chi connectivity index (χ0v) is 32.5. The molecule has 0 saturated heterocycles. The normalized spacial score (nSPS) is 17.9. The van der Waals surface area contributed by atoms with Crippen molar-refractivity contribution in [3.05, 3.63) is 0 Å². The molecule has 0 aliphatic heterocycles. The van der Waals surface area contributed by atoms with E-state index in [1.54, 1.807) is 21.3 Å². The summed E-state index contributed by atoms with van der Waals surface area (Å²) >= 11 is 0. The Labute approximate surface area is 312 Å². The van der Waals surface area contributed by atoms with Gasteiger partial charge in [0.05, 0.1) is 65.6 Å². The molecule has 20 heteroatoms. The van der Waals surface area contributed by atoms with Crippen LogP contribution in [0.15, 0.2) is 0 Å². The van der Waals surface area contributed by atoms with Gasteiger partial charge in [-0.25, -0.2) is 0 Å². The maximum Gasteiger partial charge on any atom is 0.325 e. The first-order valence-corrected chi connectivity index (χ1v) is 20.0. The molecule has 1 rings (SSSR count). The summed E-state index contributed by atoms with van der Waals surface area (Å²) in [6, 6.07) is -2.14. The van der Waals surface area contributed by atoms with Gasteiger partial charge in [-0.2, -0.15) is 0 Å². The number of amides is 5. The van der Waals surface area contributed by atoms with E-state index in [1.165, 1.54) is 0 Å². The molecule has 0 heterocycles. The van der Waals surface area contributed by atoms with Crippen LogP contribution in [0.2, 0.25) is 0 Å². The van der Waals surface area contributed by atoms with Crippen molar-refractivity contribution in [2.75, 3.05) is 107 Å². The van der Waals surface area contributed by atoms with Crippen LogP contribution < -0.4 is 26.6 Å². The average molecular weight is 784 g/mol. The molecule has 0 aromatic heterocycles. The molecule has 1 fully saturated rings. The largest absolute Gasteiger partial charge is 0.382 e. The molecule has 53 heavy (non-hydrogen) atoms. The fourth-order valence-corrected chi connectivity index (χ4v) is 5.94. The maximum absolute atomic E-state index is 13.2. The highest BCUT2D eigenvalue weighted by atomic mass is 31.2. The van der Waals surface area contributed by atoms with Crippen LogP contribution >= 0.6 is 7.60 Å². The van der Waals surface area contributed by atoms with Crippen LogP contribution in [0.1, 0.15) is 51.4 Å². The van der Waals surface area contributed by atoms with Gasteiger partial charge in [0.15, 0.2) is 0 Å². The van der Waals surface area contributed by atoms with Crippen molar-refractivity contribution in [2.45, 2.75) is 69.6 Å². The van der Waals surface area contributed by atoms with Gasteiger partial charge in [-0.05, 0) is 38.5 Å². The lowest BCUT2D eigenvalue weighted by Crippen LogP contribution is -2.51. The van der Waals surface area contributed by atoms with Crippen LogP contribution in [0.25, 0.3) is 0 Å². The molecular formula is C33H62N5O14P. The summed E-state index contributed by atoms with van der Waals surface area (Å²) < 4.78 is 47.7. The van der Waals surface area contributed by atoms with Gasteiger partial charge in [0.1, 0.15) is 12.1 Å². The van der Waals surface area contributed by atoms with E-state index in [9.17, 15) is 33.4 Å². The number of methoxy groups -OCH3 is 3. The third-order valence-electron chi connectivity index (χ3n) is 7.95. The molecule has 1 aliphatic carbocycles. The van der Waals surface area contributed by atoms with Gasteiger partial charge in [0.2, 0.25) is 29.5 Å². The van der Waals surface area contributed by atoms with E-state index < -0.39 is 49.4 Å². The van der Waals surface area contributed by atoms with Crippen LogP contribution in [-0.4, -0.2) is 160 Å². The Bertz CT molecular complexity index is 1110. The molecule has 19 nitrogen and oxygen atoms in total. The lowest BCUT2D eigenvalue weighted by Gasteiger charge is -2.29. The van der Waals surface area contributed by atoms with Crippen LogP contribution in [0.5, 0.6) is 0 Å². The molecule has 308 valence electrons. The number of rotatable bonds is 31. The summed E-state index contributed by atoms with van der Waals surface area (Å²) in [5.41, 5.74) is 0. The minimum Gasteiger partial charge on any atom is -0.382 e. The summed E-state index contributed by atoms with van der Waals surface area (Å²) in [6.07, 6.45) is 0.771. The molecule has 0 bridgehead atoms. The summed E-state index contributed by atoms with van der Waals surface area (Å²) in [7, 11) is 0.969. The second kappa shape index (κ2) is 29.6. The summed E-state index contributed by atoms with van der Waals surface area (Å²) in [5.74, 6) is -2.77. The van der Waals surface area contributed by atoms with E-state index in [0.29, 0.717) is 65.3 Å². The first-order valence-electron chi connectivity index (χ1n) is 18.0. The van der Waals surface area contributed by atoms with E-state index in [0.717, 1.165) is 6.66 Å². The minimum atomic E-state index is -3.67. The summed E-state index contributed by atoms with van der Waals surface area (Å²) in [6.45, 7) is 4.67. The maximum atomic E-state index is 13.2. The summed E-state index contributed by atoms with van der Waals surface area (Å²) in [4.78, 5) is 74.7. The second-order valence-electron chi connectivity index (χ2n) is 12.4. The standard InChI is InChI=1S/C33H62N5O14P/c1-46-19-22-49-16-13-34-29(39)11-9-27(32(42)35-14-17-50-23-20-47-2)37-30(40)12-10-28(33(43)36-15-18-51-24-21-48-3)38-31(41)25-5-7-26(8-6-25)52-53(4,44)45/h25-28H,5-24H2,1-4H3,(H,34,39)(H,35,42)(H,36,43)(H,37,40)(H,38,41)(H,44,45)/t25-,26+,27?,28?. The van der Waals surface area contributed by atoms with Crippen LogP contribution in [-0.2, 0) is 61.5 Å². The Morgan fingerprint density at radius 2 is 1.06 bits per heavy atom. The molecule has 6 N–H and O–H groups in total. The first kappa shape index (κ1) is 48.3. The van der Waals surface area contributed by atoms with Crippen molar-refractivity contribution in [3.8, 4) is 0 Å². The Hall–Kier alpha value is -2.74. The highest BCUT2D eigenvalue weighted by Crippen LogP contribution is 2.42. The number of nitrogens with one attached hydrogen (secondary N) is 5. The summed E-state index contributed by atoms with van der Waals surface area (Å²) in [5, 5.41) is 13.5. The fraction of sp³-hybridized carbons (Fsp3) is 0.848. The molecule has 0 radical (unpaired) electrons. The second-order valence-corrected chi connectivity index (χ2v) is 14.2. The number of carbonyl (C=O) groups excluding carboxylic acids is 5. The van der Waals surface area contributed by atoms with Crippen LogP contribution in [0.4, 0.5) is 0 Å². The van der Waals surface area contributed by atoms with Crippen molar-refractivity contribution in [1.82, 2.24) is 26.6 Å². The Morgan fingerprint density at radius 1 is 0.623 bits per heavy atom. The van der Waals surface area contributed by atoms with Crippen LogP contribution in [0, 0.1) is 5.92 Å². The topological polar surface area (TPSA) is 247 Å². The lowest BCUT2D eigenvalue weighted by atomic mass is 9.86. The van der Waals surface area contributed by atoms with E-state index >= 15 is 0 Å². The molecule has 1 saturated carbocycles. The van der Waals surface area contributed by atoms with Gasteiger partial charge >= 0.3 is 7.60 Å². The van der Waals surface area contributed by atoms with E-state index in [4.69, 9.17) is 32.9 Å². The van der Waals surface area contributed by atoms with Crippen molar-refractivity contribution in [1.29, 1.82) is 0 Å². The van der Waals surface area contributed by atoms with Crippen molar-refractivity contribution >= 4 is 37.1 Å². The van der Waals surface area contributed by atoms with Crippen LogP contribution in [0.3, 0.4) is 0 Å². The molecule has 1 aliphatic rings. The Morgan fingerprint density at radius 3 is 1.51 bits per heavy atom. The fourth-order valence-electron chi connectivity index (χ4n) is 5.17. The minimum absolute atomic E-state index is 0.00164. The lowest BCUT2D eigenvalue weighted by molar-refractivity contribution is -0.133. The average Bonchev–Trinajstić information content (AvgIpc) is 3.12. The number of hydrogen-bond donors (Lipinski definition) is 6.